The van der Waals surface area contributed by atoms with Crippen LogP contribution >= 0.6 is 0 Å². The highest BCUT2D eigenvalue weighted by atomic mass is 19.2. The first-order chi connectivity index (χ1) is 4.80. The van der Waals surface area contributed by atoms with Gasteiger partial charge >= 0.3 is 0 Å². The van der Waals surface area contributed by atoms with Gasteiger partial charge in [0, 0.05) is 11.8 Å². The summed E-state index contributed by atoms with van der Waals surface area (Å²) in [4.78, 5) is 0. The lowest BCUT2D eigenvalue weighted by atomic mass is 10.0. The second kappa shape index (κ2) is 2.14. The molecule has 1 aliphatic rings. The van der Waals surface area contributed by atoms with Crippen molar-refractivity contribution in [3.8, 4) is 0 Å². The lowest BCUT2D eigenvalue weighted by Crippen LogP contribution is -2.48. The molecular formula is C7H12F2O2. The summed E-state index contributed by atoms with van der Waals surface area (Å²) in [7, 11) is 0. The van der Waals surface area contributed by atoms with Crippen molar-refractivity contribution >= 4 is 0 Å². The highest BCUT2D eigenvalue weighted by Crippen LogP contribution is 2.49. The van der Waals surface area contributed by atoms with Crippen LogP contribution in [0.15, 0.2) is 0 Å². The van der Waals surface area contributed by atoms with E-state index < -0.39 is 23.5 Å². The SMILES string of the molecule is CC1CC(C)C(O)(F)C1(O)F. The molecule has 0 heterocycles. The van der Waals surface area contributed by atoms with Crippen LogP contribution in [0.25, 0.3) is 0 Å². The van der Waals surface area contributed by atoms with E-state index in [9.17, 15) is 8.78 Å². The second-order valence-electron chi connectivity index (χ2n) is 3.38. The van der Waals surface area contributed by atoms with Crippen molar-refractivity contribution in [2.45, 2.75) is 32.0 Å². The van der Waals surface area contributed by atoms with E-state index in [1.807, 2.05) is 0 Å². The number of hydrogen-bond donors (Lipinski definition) is 2. The van der Waals surface area contributed by atoms with E-state index in [2.05, 4.69) is 0 Å². The Morgan fingerprint density at radius 3 is 1.45 bits per heavy atom. The first kappa shape index (κ1) is 8.87. The molecule has 0 radical (unpaired) electrons. The topological polar surface area (TPSA) is 40.5 Å². The number of hydrogen-bond acceptors (Lipinski definition) is 2. The normalized spacial score (nSPS) is 58.4. The van der Waals surface area contributed by atoms with Gasteiger partial charge in [0.1, 0.15) is 0 Å². The van der Waals surface area contributed by atoms with Crippen LogP contribution in [0.1, 0.15) is 20.3 Å². The number of halogens is 2. The lowest BCUT2D eigenvalue weighted by Gasteiger charge is -2.28. The Morgan fingerprint density at radius 1 is 1.09 bits per heavy atom. The van der Waals surface area contributed by atoms with Gasteiger partial charge in [-0.05, 0) is 6.42 Å². The summed E-state index contributed by atoms with van der Waals surface area (Å²) < 4.78 is 25.9. The van der Waals surface area contributed by atoms with Crippen LogP contribution < -0.4 is 0 Å². The first-order valence-electron chi connectivity index (χ1n) is 3.62. The van der Waals surface area contributed by atoms with Crippen LogP contribution in [0, 0.1) is 11.8 Å². The zero-order chi connectivity index (χ0) is 8.86. The molecule has 1 saturated carbocycles. The van der Waals surface area contributed by atoms with E-state index in [1.165, 1.54) is 13.8 Å². The molecule has 4 atom stereocenters. The minimum Gasteiger partial charge on any atom is -0.357 e. The fourth-order valence-electron chi connectivity index (χ4n) is 1.53. The monoisotopic (exact) mass is 166 g/mol. The molecule has 0 bridgehead atoms. The molecule has 0 aliphatic heterocycles. The van der Waals surface area contributed by atoms with Crippen LogP contribution in [-0.2, 0) is 0 Å². The van der Waals surface area contributed by atoms with Crippen LogP contribution in [0.5, 0.6) is 0 Å². The van der Waals surface area contributed by atoms with Crippen molar-refractivity contribution in [3.05, 3.63) is 0 Å². The summed E-state index contributed by atoms with van der Waals surface area (Å²) in [6.45, 7) is 2.74. The van der Waals surface area contributed by atoms with Crippen molar-refractivity contribution in [1.82, 2.24) is 0 Å². The molecule has 0 amide bonds. The molecule has 2 nitrogen and oxygen atoms in total. The highest BCUT2D eigenvalue weighted by Gasteiger charge is 2.63. The maximum Gasteiger partial charge on any atom is 0.268 e. The van der Waals surface area contributed by atoms with Gasteiger partial charge in [0.05, 0.1) is 0 Å². The Bertz CT molecular complexity index is 150. The molecule has 2 N–H and O–H groups in total. The molecule has 0 aromatic heterocycles. The molecule has 0 spiro atoms. The average Bonchev–Trinajstić information content (AvgIpc) is 1.95. The van der Waals surface area contributed by atoms with Crippen molar-refractivity contribution < 1.29 is 19.0 Å². The predicted molar refractivity (Wildman–Crippen MR) is 35.1 cm³/mol. The van der Waals surface area contributed by atoms with E-state index >= 15 is 0 Å². The smallest absolute Gasteiger partial charge is 0.268 e. The van der Waals surface area contributed by atoms with Gasteiger partial charge in [-0.15, -0.1) is 0 Å². The Labute approximate surface area is 63.8 Å². The van der Waals surface area contributed by atoms with Gasteiger partial charge in [-0.25, -0.2) is 8.78 Å². The van der Waals surface area contributed by atoms with Crippen LogP contribution in [0.4, 0.5) is 8.78 Å². The molecule has 4 unspecified atom stereocenters. The second-order valence-corrected chi connectivity index (χ2v) is 3.38. The van der Waals surface area contributed by atoms with Gasteiger partial charge in [0.2, 0.25) is 0 Å². The van der Waals surface area contributed by atoms with Crippen molar-refractivity contribution in [2.24, 2.45) is 11.8 Å². The Hall–Kier alpha value is -0.220. The van der Waals surface area contributed by atoms with E-state index in [1.54, 1.807) is 0 Å². The Kier molecular flexibility index (Phi) is 1.72. The fourth-order valence-corrected chi connectivity index (χ4v) is 1.53. The van der Waals surface area contributed by atoms with Crippen LogP contribution in [-0.4, -0.2) is 21.9 Å². The minimum absolute atomic E-state index is 0.153. The number of alkyl halides is 2. The molecular weight excluding hydrogens is 154 g/mol. The molecule has 0 saturated heterocycles. The van der Waals surface area contributed by atoms with E-state index in [0.29, 0.717) is 0 Å². The lowest BCUT2D eigenvalue weighted by molar-refractivity contribution is -0.295. The van der Waals surface area contributed by atoms with Crippen molar-refractivity contribution in [3.63, 3.8) is 0 Å². The third kappa shape index (κ3) is 0.964. The van der Waals surface area contributed by atoms with Gasteiger partial charge in [-0.2, -0.15) is 0 Å². The average molecular weight is 166 g/mol. The first-order valence-corrected chi connectivity index (χ1v) is 3.62. The van der Waals surface area contributed by atoms with Crippen LogP contribution in [0.2, 0.25) is 0 Å². The Balaban J connectivity index is 2.95. The zero-order valence-corrected chi connectivity index (χ0v) is 6.51. The zero-order valence-electron chi connectivity index (χ0n) is 6.51. The van der Waals surface area contributed by atoms with Gasteiger partial charge in [0.15, 0.2) is 0 Å². The maximum absolute atomic E-state index is 13.0. The minimum atomic E-state index is -3.09. The third-order valence-electron chi connectivity index (χ3n) is 2.50. The largest absolute Gasteiger partial charge is 0.357 e. The maximum atomic E-state index is 13.0. The van der Waals surface area contributed by atoms with Gasteiger partial charge in [-0.3, -0.25) is 0 Å². The third-order valence-corrected chi connectivity index (χ3v) is 2.50. The predicted octanol–water partition coefficient (Wildman–Crippen LogP) is 0.978. The summed E-state index contributed by atoms with van der Waals surface area (Å²) in [5.74, 6) is -7.89. The van der Waals surface area contributed by atoms with Gasteiger partial charge < -0.3 is 10.2 Å². The summed E-state index contributed by atoms with van der Waals surface area (Å²) in [5.41, 5.74) is 0. The summed E-state index contributed by atoms with van der Waals surface area (Å²) in [6.07, 6.45) is 0.153. The molecule has 1 aliphatic carbocycles. The fraction of sp³-hybridized carbons (Fsp3) is 1.00. The summed E-state index contributed by atoms with van der Waals surface area (Å²) in [5, 5.41) is 17.7. The standard InChI is InChI=1S/C7H12F2O2/c1-4-3-5(2)7(9,11)6(4,8)10/h4-5,10-11H,3H2,1-2H3. The van der Waals surface area contributed by atoms with Crippen molar-refractivity contribution in [2.75, 3.05) is 0 Å². The molecule has 66 valence electrons. The van der Waals surface area contributed by atoms with Crippen molar-refractivity contribution in [1.29, 1.82) is 0 Å². The molecule has 4 heteroatoms. The summed E-state index contributed by atoms with van der Waals surface area (Å²) in [6, 6.07) is 0. The molecule has 1 rings (SSSR count). The molecule has 1 fully saturated rings. The quantitative estimate of drug-likeness (QED) is 0.563. The number of rotatable bonds is 0. The van der Waals surface area contributed by atoms with E-state index in [4.69, 9.17) is 10.2 Å². The molecule has 11 heavy (non-hydrogen) atoms. The molecule has 0 aromatic carbocycles. The summed E-state index contributed by atoms with van der Waals surface area (Å²) >= 11 is 0. The van der Waals surface area contributed by atoms with Gasteiger partial charge in [-0.1, -0.05) is 13.8 Å². The Morgan fingerprint density at radius 2 is 1.36 bits per heavy atom. The van der Waals surface area contributed by atoms with Gasteiger partial charge in [0.25, 0.3) is 11.7 Å². The molecule has 0 aromatic rings. The van der Waals surface area contributed by atoms with E-state index in [-0.39, 0.29) is 6.42 Å². The van der Waals surface area contributed by atoms with E-state index in [0.717, 1.165) is 0 Å². The number of aliphatic hydroxyl groups is 2. The van der Waals surface area contributed by atoms with Crippen LogP contribution in [0.3, 0.4) is 0 Å². The highest BCUT2D eigenvalue weighted by molar-refractivity contribution is 4.98.